The number of carbonyl (C=O) groups is 3. The van der Waals surface area contributed by atoms with E-state index in [4.69, 9.17) is 9.47 Å². The van der Waals surface area contributed by atoms with Crippen molar-refractivity contribution >= 4 is 18.2 Å². The number of carboxylic acid groups (broad SMARTS) is 1. The van der Waals surface area contributed by atoms with E-state index in [1.54, 1.807) is 41.5 Å². The number of carboxylic acids is 1. The van der Waals surface area contributed by atoms with Crippen LogP contribution in [0.3, 0.4) is 0 Å². The van der Waals surface area contributed by atoms with Crippen molar-refractivity contribution in [2.45, 2.75) is 65.2 Å². The second-order valence-electron chi connectivity index (χ2n) is 8.65. The van der Waals surface area contributed by atoms with E-state index in [1.807, 2.05) is 36.4 Å². The standard InChI is InChI=1S/C16H25N3O6.C6H6/c1-15(2,3)24-13(22)18-11(12(20)21)7-10-8-19(9-17-10)14(23)25-16(4,5)6;1-2-4-6-5-3-1/h8-9,11H,7H2,1-6H3,(H,18,22)(H,20,21);1-6H. The Balaban J connectivity index is 0.000000683. The third-order valence-electron chi connectivity index (χ3n) is 3.31. The summed E-state index contributed by atoms with van der Waals surface area (Å²) >= 11 is 0. The lowest BCUT2D eigenvalue weighted by atomic mass is 10.1. The molecule has 0 aliphatic rings. The Hall–Kier alpha value is -3.36. The molecular formula is C22H31N3O6. The molecule has 9 nitrogen and oxygen atoms in total. The van der Waals surface area contributed by atoms with Gasteiger partial charge in [0.1, 0.15) is 23.6 Å². The molecule has 0 bridgehead atoms. The number of carbonyl (C=O) groups excluding carboxylic acids is 2. The quantitative estimate of drug-likeness (QED) is 0.751. The minimum absolute atomic E-state index is 0.107. The minimum atomic E-state index is -1.24. The predicted octanol–water partition coefficient (Wildman–Crippen LogP) is 3.87. The van der Waals surface area contributed by atoms with Crippen LogP contribution < -0.4 is 5.32 Å². The Morgan fingerprint density at radius 1 is 0.968 bits per heavy atom. The number of nitrogens with zero attached hydrogens (tertiary/aromatic N) is 2. The fraction of sp³-hybridized carbons (Fsp3) is 0.455. The van der Waals surface area contributed by atoms with E-state index < -0.39 is 35.4 Å². The van der Waals surface area contributed by atoms with Crippen LogP contribution in [0.25, 0.3) is 0 Å². The lowest BCUT2D eigenvalue weighted by Gasteiger charge is -2.21. The molecule has 2 aromatic rings. The van der Waals surface area contributed by atoms with Crippen LogP contribution in [0.5, 0.6) is 0 Å². The molecule has 31 heavy (non-hydrogen) atoms. The Kier molecular flexibility index (Phi) is 9.23. The summed E-state index contributed by atoms with van der Waals surface area (Å²) in [6.07, 6.45) is 1.02. The molecule has 9 heteroatoms. The Morgan fingerprint density at radius 2 is 1.45 bits per heavy atom. The number of imidazole rings is 1. The number of aliphatic carboxylic acids is 1. The van der Waals surface area contributed by atoms with Crippen LogP contribution in [0, 0.1) is 0 Å². The number of benzene rings is 1. The number of aromatic nitrogens is 2. The molecule has 1 atom stereocenters. The number of ether oxygens (including phenoxy) is 2. The van der Waals surface area contributed by atoms with Crippen molar-refractivity contribution in [3.05, 3.63) is 54.6 Å². The topological polar surface area (TPSA) is 120 Å². The van der Waals surface area contributed by atoms with E-state index in [2.05, 4.69) is 10.3 Å². The summed E-state index contributed by atoms with van der Waals surface area (Å²) in [6.45, 7) is 10.2. The van der Waals surface area contributed by atoms with Crippen LogP contribution in [0.2, 0.25) is 0 Å². The Labute approximate surface area is 182 Å². The first kappa shape index (κ1) is 25.7. The van der Waals surface area contributed by atoms with E-state index >= 15 is 0 Å². The Bertz CT molecular complexity index is 823. The average molecular weight is 434 g/mol. The summed E-state index contributed by atoms with van der Waals surface area (Å²) in [4.78, 5) is 39.0. The van der Waals surface area contributed by atoms with Crippen LogP contribution >= 0.6 is 0 Å². The second kappa shape index (κ2) is 11.1. The van der Waals surface area contributed by atoms with Crippen LogP contribution in [0.4, 0.5) is 9.59 Å². The van der Waals surface area contributed by atoms with Crippen molar-refractivity contribution in [2.24, 2.45) is 0 Å². The van der Waals surface area contributed by atoms with E-state index in [0.717, 1.165) is 4.57 Å². The van der Waals surface area contributed by atoms with Gasteiger partial charge in [-0.05, 0) is 41.5 Å². The summed E-state index contributed by atoms with van der Waals surface area (Å²) in [5.41, 5.74) is -1.09. The lowest BCUT2D eigenvalue weighted by molar-refractivity contribution is -0.139. The van der Waals surface area contributed by atoms with Gasteiger partial charge >= 0.3 is 18.2 Å². The average Bonchev–Trinajstić information content (AvgIpc) is 3.09. The molecule has 170 valence electrons. The highest BCUT2D eigenvalue weighted by molar-refractivity contribution is 5.80. The molecule has 0 saturated carbocycles. The van der Waals surface area contributed by atoms with Crippen molar-refractivity contribution in [1.82, 2.24) is 14.9 Å². The van der Waals surface area contributed by atoms with Gasteiger partial charge in [-0.1, -0.05) is 36.4 Å². The fourth-order valence-electron chi connectivity index (χ4n) is 2.13. The van der Waals surface area contributed by atoms with Crippen molar-refractivity contribution in [1.29, 1.82) is 0 Å². The highest BCUT2D eigenvalue weighted by atomic mass is 16.6. The van der Waals surface area contributed by atoms with Crippen molar-refractivity contribution in [3.63, 3.8) is 0 Å². The lowest BCUT2D eigenvalue weighted by Crippen LogP contribution is -2.44. The number of hydrogen-bond donors (Lipinski definition) is 2. The first-order valence-electron chi connectivity index (χ1n) is 9.75. The molecule has 0 aliphatic carbocycles. The maximum absolute atomic E-state index is 11.9. The molecule has 1 amide bonds. The molecule has 1 heterocycles. The largest absolute Gasteiger partial charge is 0.480 e. The fourth-order valence-corrected chi connectivity index (χ4v) is 2.13. The molecule has 0 spiro atoms. The van der Waals surface area contributed by atoms with Crippen LogP contribution in [-0.2, 0) is 20.7 Å². The van der Waals surface area contributed by atoms with E-state index in [9.17, 15) is 19.5 Å². The molecule has 0 radical (unpaired) electrons. The van der Waals surface area contributed by atoms with Gasteiger partial charge < -0.3 is 19.9 Å². The molecule has 1 unspecified atom stereocenters. The summed E-state index contributed by atoms with van der Waals surface area (Å²) in [7, 11) is 0. The molecule has 0 aliphatic heterocycles. The second-order valence-corrected chi connectivity index (χ2v) is 8.65. The van der Waals surface area contributed by atoms with Gasteiger partial charge in [0.2, 0.25) is 0 Å². The zero-order valence-electron chi connectivity index (χ0n) is 18.8. The molecule has 2 N–H and O–H groups in total. The zero-order valence-corrected chi connectivity index (χ0v) is 18.8. The van der Waals surface area contributed by atoms with Crippen LogP contribution in [0.15, 0.2) is 48.9 Å². The number of nitrogens with one attached hydrogen (secondary N) is 1. The molecular weight excluding hydrogens is 402 g/mol. The summed E-state index contributed by atoms with van der Waals surface area (Å²) in [5.74, 6) is -1.24. The summed E-state index contributed by atoms with van der Waals surface area (Å²) in [5, 5.41) is 11.5. The number of hydrogen-bond acceptors (Lipinski definition) is 6. The summed E-state index contributed by atoms with van der Waals surface area (Å²) < 4.78 is 11.3. The monoisotopic (exact) mass is 433 g/mol. The predicted molar refractivity (Wildman–Crippen MR) is 115 cm³/mol. The van der Waals surface area contributed by atoms with Crippen molar-refractivity contribution < 1.29 is 29.0 Å². The highest BCUT2D eigenvalue weighted by Crippen LogP contribution is 2.11. The van der Waals surface area contributed by atoms with E-state index in [0.29, 0.717) is 5.69 Å². The summed E-state index contributed by atoms with van der Waals surface area (Å²) in [6, 6.07) is 10.8. The highest BCUT2D eigenvalue weighted by Gasteiger charge is 2.25. The van der Waals surface area contributed by atoms with E-state index in [-0.39, 0.29) is 6.42 Å². The Morgan fingerprint density at radius 3 is 1.87 bits per heavy atom. The first-order chi connectivity index (χ1) is 14.3. The zero-order chi connectivity index (χ0) is 23.7. The minimum Gasteiger partial charge on any atom is -0.480 e. The van der Waals surface area contributed by atoms with Crippen molar-refractivity contribution in [2.75, 3.05) is 0 Å². The molecule has 0 saturated heterocycles. The van der Waals surface area contributed by atoms with Gasteiger partial charge in [-0.2, -0.15) is 0 Å². The van der Waals surface area contributed by atoms with E-state index in [1.165, 1.54) is 12.5 Å². The maximum Gasteiger partial charge on any atom is 0.419 e. The molecule has 1 aromatic carbocycles. The third-order valence-corrected chi connectivity index (χ3v) is 3.31. The van der Waals surface area contributed by atoms with Gasteiger partial charge in [0.15, 0.2) is 0 Å². The molecule has 2 rings (SSSR count). The van der Waals surface area contributed by atoms with Crippen LogP contribution in [-0.4, -0.2) is 50.1 Å². The SMILES string of the molecule is CC(C)(C)OC(=O)NC(Cc1cn(C(=O)OC(C)(C)C)cn1)C(=O)O.c1ccccc1. The maximum atomic E-state index is 11.9. The first-order valence-corrected chi connectivity index (χ1v) is 9.75. The van der Waals surface area contributed by atoms with Crippen LogP contribution in [0.1, 0.15) is 47.2 Å². The van der Waals surface area contributed by atoms with Gasteiger partial charge in [-0.3, -0.25) is 0 Å². The third kappa shape index (κ3) is 11.4. The normalized spacial score (nSPS) is 12.1. The van der Waals surface area contributed by atoms with Gasteiger partial charge in [0.05, 0.1) is 5.69 Å². The number of rotatable bonds is 4. The van der Waals surface area contributed by atoms with Gasteiger partial charge in [0, 0.05) is 12.6 Å². The van der Waals surface area contributed by atoms with Gasteiger partial charge in [-0.15, -0.1) is 0 Å². The molecule has 1 aromatic heterocycles. The number of alkyl carbamates (subject to hydrolysis) is 1. The smallest absolute Gasteiger partial charge is 0.419 e. The van der Waals surface area contributed by atoms with Gasteiger partial charge in [0.25, 0.3) is 0 Å². The molecule has 0 fully saturated rings. The van der Waals surface area contributed by atoms with Gasteiger partial charge in [-0.25, -0.2) is 23.9 Å². The van der Waals surface area contributed by atoms with Crippen molar-refractivity contribution in [3.8, 4) is 0 Å². The number of amides is 1.